The van der Waals surface area contributed by atoms with Crippen molar-refractivity contribution in [3.05, 3.63) is 65.2 Å². The quantitative estimate of drug-likeness (QED) is 0.648. The van der Waals surface area contributed by atoms with E-state index in [1.54, 1.807) is 18.2 Å². The Balaban J connectivity index is 2.07. The second kappa shape index (κ2) is 9.14. The van der Waals surface area contributed by atoms with Crippen molar-refractivity contribution in [2.75, 3.05) is 20.7 Å². The Kier molecular flexibility index (Phi) is 6.90. The average molecular weight is 339 g/mol. The topological polar surface area (TPSA) is 46.6 Å². The summed E-state index contributed by atoms with van der Waals surface area (Å²) in [5.41, 5.74) is 2.23. The van der Waals surface area contributed by atoms with Crippen molar-refractivity contribution in [2.45, 2.75) is 26.3 Å². The summed E-state index contributed by atoms with van der Waals surface area (Å²) in [4.78, 5) is 27.2. The Morgan fingerprint density at radius 3 is 2.12 bits per heavy atom. The molecule has 0 unspecified atom stereocenters. The fourth-order valence-electron chi connectivity index (χ4n) is 2.70. The minimum absolute atomic E-state index is 0.00310. The number of hydrogen-bond donors (Lipinski definition) is 0. The molecule has 0 spiro atoms. The largest absolute Gasteiger partial charge is 0.496 e. The summed E-state index contributed by atoms with van der Waals surface area (Å²) in [7, 11) is 3.56. The Labute approximate surface area is 149 Å². The maximum Gasteiger partial charge on any atom is 0.167 e. The molecular weight excluding hydrogens is 314 g/mol. The first-order chi connectivity index (χ1) is 12.1. The van der Waals surface area contributed by atoms with Crippen LogP contribution in [-0.4, -0.2) is 37.2 Å². The van der Waals surface area contributed by atoms with Crippen LogP contribution < -0.4 is 4.74 Å². The van der Waals surface area contributed by atoms with Crippen molar-refractivity contribution in [1.29, 1.82) is 0 Å². The van der Waals surface area contributed by atoms with Gasteiger partial charge in [-0.1, -0.05) is 43.3 Å². The van der Waals surface area contributed by atoms with Crippen LogP contribution in [0.2, 0.25) is 0 Å². The minimum atomic E-state index is -0.0750. The number of methoxy groups -OCH3 is 1. The van der Waals surface area contributed by atoms with Gasteiger partial charge < -0.3 is 9.64 Å². The molecular formula is C21H25NO3. The van der Waals surface area contributed by atoms with E-state index >= 15 is 0 Å². The van der Waals surface area contributed by atoms with Gasteiger partial charge in [-0.05, 0) is 31.3 Å². The number of hydrogen-bond acceptors (Lipinski definition) is 4. The molecule has 25 heavy (non-hydrogen) atoms. The van der Waals surface area contributed by atoms with E-state index < -0.39 is 0 Å². The first kappa shape index (κ1) is 18.9. The maximum atomic E-state index is 12.6. The molecule has 0 saturated carbocycles. The zero-order valence-corrected chi connectivity index (χ0v) is 15.1. The summed E-state index contributed by atoms with van der Waals surface area (Å²) in [5, 5.41) is 0. The van der Waals surface area contributed by atoms with E-state index in [1.807, 2.05) is 37.4 Å². The Morgan fingerprint density at radius 1 is 0.920 bits per heavy atom. The highest BCUT2D eigenvalue weighted by Gasteiger charge is 2.16. The van der Waals surface area contributed by atoms with Crippen LogP contribution in [0.1, 0.15) is 46.0 Å². The lowest BCUT2D eigenvalue weighted by atomic mass is 9.97. The van der Waals surface area contributed by atoms with Gasteiger partial charge in [0.1, 0.15) is 5.75 Å². The van der Waals surface area contributed by atoms with E-state index in [4.69, 9.17) is 4.74 Å². The highest BCUT2D eigenvalue weighted by atomic mass is 16.5. The summed E-state index contributed by atoms with van der Waals surface area (Å²) in [6.07, 6.45) is 0.376. The zero-order valence-electron chi connectivity index (χ0n) is 15.1. The maximum absolute atomic E-state index is 12.6. The number of rotatable bonds is 9. The second-order valence-electron chi connectivity index (χ2n) is 6.03. The van der Waals surface area contributed by atoms with Crippen molar-refractivity contribution in [1.82, 2.24) is 4.90 Å². The van der Waals surface area contributed by atoms with Crippen LogP contribution in [0.4, 0.5) is 0 Å². The van der Waals surface area contributed by atoms with Crippen LogP contribution in [-0.2, 0) is 6.54 Å². The first-order valence-electron chi connectivity index (χ1n) is 8.52. The van der Waals surface area contributed by atoms with E-state index in [0.29, 0.717) is 16.9 Å². The summed E-state index contributed by atoms with van der Waals surface area (Å²) in [5.74, 6) is 0.474. The van der Waals surface area contributed by atoms with Crippen LogP contribution in [0.15, 0.2) is 48.5 Å². The van der Waals surface area contributed by atoms with Gasteiger partial charge in [-0.3, -0.25) is 9.59 Å². The van der Waals surface area contributed by atoms with E-state index in [1.165, 1.54) is 7.11 Å². The normalized spacial score (nSPS) is 10.7. The lowest BCUT2D eigenvalue weighted by Crippen LogP contribution is -2.19. The van der Waals surface area contributed by atoms with Gasteiger partial charge in [-0.25, -0.2) is 0 Å². The van der Waals surface area contributed by atoms with Crippen molar-refractivity contribution in [3.63, 3.8) is 0 Å². The van der Waals surface area contributed by atoms with Gasteiger partial charge in [0.2, 0.25) is 0 Å². The van der Waals surface area contributed by atoms with Crippen LogP contribution >= 0.6 is 0 Å². The van der Waals surface area contributed by atoms with Crippen molar-refractivity contribution in [2.24, 2.45) is 0 Å². The molecule has 0 aromatic heterocycles. The number of ketones is 2. The highest BCUT2D eigenvalue weighted by molar-refractivity contribution is 6.03. The van der Waals surface area contributed by atoms with Crippen molar-refractivity contribution >= 4 is 11.6 Å². The van der Waals surface area contributed by atoms with Crippen molar-refractivity contribution < 1.29 is 14.3 Å². The van der Waals surface area contributed by atoms with Gasteiger partial charge >= 0.3 is 0 Å². The van der Waals surface area contributed by atoms with Gasteiger partial charge in [0.25, 0.3) is 0 Å². The first-order valence-corrected chi connectivity index (χ1v) is 8.52. The van der Waals surface area contributed by atoms with E-state index in [0.717, 1.165) is 18.7 Å². The van der Waals surface area contributed by atoms with Crippen LogP contribution in [0.3, 0.4) is 0 Å². The minimum Gasteiger partial charge on any atom is -0.496 e. The molecule has 0 radical (unpaired) electrons. The molecule has 0 saturated heterocycles. The van der Waals surface area contributed by atoms with Crippen LogP contribution in [0.25, 0.3) is 0 Å². The van der Waals surface area contributed by atoms with E-state index in [2.05, 4.69) is 11.8 Å². The predicted octanol–water partition coefficient (Wildman–Crippen LogP) is 3.99. The Bertz CT molecular complexity index is 739. The molecule has 0 bridgehead atoms. The summed E-state index contributed by atoms with van der Waals surface area (Å²) < 4.78 is 5.22. The number of para-hydroxylation sites is 1. The molecule has 4 nitrogen and oxygen atoms in total. The highest BCUT2D eigenvalue weighted by Crippen LogP contribution is 2.21. The third-order valence-electron chi connectivity index (χ3n) is 4.28. The molecule has 0 aliphatic carbocycles. The third kappa shape index (κ3) is 5.00. The molecule has 4 heteroatoms. The lowest BCUT2D eigenvalue weighted by Gasteiger charge is -2.16. The smallest absolute Gasteiger partial charge is 0.167 e. The monoisotopic (exact) mass is 339 g/mol. The molecule has 132 valence electrons. The number of benzene rings is 2. The van der Waals surface area contributed by atoms with Crippen molar-refractivity contribution in [3.8, 4) is 5.75 Å². The molecule has 2 rings (SSSR count). The van der Waals surface area contributed by atoms with Gasteiger partial charge in [0, 0.05) is 24.9 Å². The number of carbonyl (C=O) groups excluding carboxylic acids is 2. The number of nitrogens with zero attached hydrogens (tertiary/aromatic N) is 1. The molecule has 0 aliphatic heterocycles. The van der Waals surface area contributed by atoms with Crippen LogP contribution in [0, 0.1) is 0 Å². The standard InChI is InChI=1S/C21H25NO3/c1-4-22(2)15-16-9-5-6-10-17(16)19(23)13-14-20(24)18-11-7-8-12-21(18)25-3/h5-12H,4,13-15H2,1-3H3. The Morgan fingerprint density at radius 2 is 1.48 bits per heavy atom. The second-order valence-corrected chi connectivity index (χ2v) is 6.03. The average Bonchev–Trinajstić information content (AvgIpc) is 2.66. The number of Topliss-reactive ketones (excluding diaryl/α,β-unsaturated/α-hetero) is 2. The number of carbonyl (C=O) groups is 2. The van der Waals surface area contributed by atoms with E-state index in [-0.39, 0.29) is 24.4 Å². The van der Waals surface area contributed by atoms with Gasteiger partial charge in [0.15, 0.2) is 11.6 Å². The fourth-order valence-corrected chi connectivity index (χ4v) is 2.70. The van der Waals surface area contributed by atoms with E-state index in [9.17, 15) is 9.59 Å². The van der Waals surface area contributed by atoms with Gasteiger partial charge in [0.05, 0.1) is 12.7 Å². The lowest BCUT2D eigenvalue weighted by molar-refractivity contribution is 0.0915. The third-order valence-corrected chi connectivity index (χ3v) is 4.28. The number of ether oxygens (including phenoxy) is 1. The molecule has 0 heterocycles. The Hall–Kier alpha value is -2.46. The molecule has 0 N–H and O–H groups in total. The molecule has 0 amide bonds. The molecule has 0 fully saturated rings. The zero-order chi connectivity index (χ0) is 18.2. The van der Waals surface area contributed by atoms with Gasteiger partial charge in [-0.15, -0.1) is 0 Å². The molecule has 0 aliphatic rings. The SMILES string of the molecule is CCN(C)Cc1ccccc1C(=O)CCC(=O)c1ccccc1OC. The summed E-state index contributed by atoms with van der Waals surface area (Å²) in [6.45, 7) is 3.71. The predicted molar refractivity (Wildman–Crippen MR) is 99.3 cm³/mol. The van der Waals surface area contributed by atoms with Gasteiger partial charge in [-0.2, -0.15) is 0 Å². The molecule has 0 atom stereocenters. The molecule has 2 aromatic rings. The summed E-state index contributed by atoms with van der Waals surface area (Å²) in [6, 6.07) is 14.7. The van der Waals surface area contributed by atoms with Crippen LogP contribution in [0.5, 0.6) is 5.75 Å². The molecule has 2 aromatic carbocycles. The fraction of sp³-hybridized carbons (Fsp3) is 0.333. The summed E-state index contributed by atoms with van der Waals surface area (Å²) >= 11 is 0.